The SMILES string of the molecule is Cc1ccc(COc2cccc(C(=O)OCc3ccccc3)n2)cc1. The van der Waals surface area contributed by atoms with Crippen LogP contribution in [0, 0.1) is 6.92 Å². The molecule has 0 unspecified atom stereocenters. The summed E-state index contributed by atoms with van der Waals surface area (Å²) in [7, 11) is 0. The van der Waals surface area contributed by atoms with Crippen molar-refractivity contribution in [1.82, 2.24) is 4.98 Å². The molecule has 1 heterocycles. The maximum atomic E-state index is 12.1. The summed E-state index contributed by atoms with van der Waals surface area (Å²) in [6, 6.07) is 22.7. The van der Waals surface area contributed by atoms with Crippen LogP contribution < -0.4 is 4.74 Å². The Balaban J connectivity index is 1.58. The number of rotatable bonds is 6. The van der Waals surface area contributed by atoms with Gasteiger partial charge in [0.2, 0.25) is 5.88 Å². The van der Waals surface area contributed by atoms with Gasteiger partial charge in [0.05, 0.1) is 0 Å². The maximum absolute atomic E-state index is 12.1. The van der Waals surface area contributed by atoms with E-state index in [2.05, 4.69) is 4.98 Å². The standard InChI is InChI=1S/C21H19NO3/c1-16-10-12-18(13-11-16)14-24-20-9-5-8-19(22-20)21(23)25-15-17-6-3-2-4-7-17/h2-13H,14-15H2,1H3. The minimum absolute atomic E-state index is 0.218. The molecule has 3 rings (SSSR count). The summed E-state index contributed by atoms with van der Waals surface area (Å²) in [6.45, 7) is 2.66. The van der Waals surface area contributed by atoms with Crippen LogP contribution in [0.25, 0.3) is 0 Å². The zero-order chi connectivity index (χ0) is 17.5. The summed E-state index contributed by atoms with van der Waals surface area (Å²) in [5.41, 5.74) is 3.41. The molecule has 0 radical (unpaired) electrons. The molecule has 25 heavy (non-hydrogen) atoms. The van der Waals surface area contributed by atoms with E-state index in [0.717, 1.165) is 11.1 Å². The molecule has 0 aliphatic rings. The zero-order valence-corrected chi connectivity index (χ0v) is 14.0. The molecule has 0 N–H and O–H groups in total. The van der Waals surface area contributed by atoms with Crippen LogP contribution in [0.4, 0.5) is 0 Å². The van der Waals surface area contributed by atoms with Gasteiger partial charge in [0.15, 0.2) is 5.69 Å². The second-order valence-electron chi connectivity index (χ2n) is 5.70. The number of pyridine rings is 1. The van der Waals surface area contributed by atoms with Gasteiger partial charge in [-0.1, -0.05) is 66.2 Å². The van der Waals surface area contributed by atoms with E-state index < -0.39 is 5.97 Å². The van der Waals surface area contributed by atoms with Gasteiger partial charge in [0.1, 0.15) is 13.2 Å². The highest BCUT2D eigenvalue weighted by Crippen LogP contribution is 2.13. The first kappa shape index (κ1) is 16.7. The molecular formula is C21H19NO3. The zero-order valence-electron chi connectivity index (χ0n) is 14.0. The predicted octanol–water partition coefficient (Wildman–Crippen LogP) is 4.33. The number of esters is 1. The lowest BCUT2D eigenvalue weighted by Gasteiger charge is -2.08. The lowest BCUT2D eigenvalue weighted by Crippen LogP contribution is -2.08. The first-order valence-electron chi connectivity index (χ1n) is 8.07. The fourth-order valence-electron chi connectivity index (χ4n) is 2.25. The van der Waals surface area contributed by atoms with Crippen LogP contribution in [0.2, 0.25) is 0 Å². The van der Waals surface area contributed by atoms with Crippen LogP contribution in [0.5, 0.6) is 5.88 Å². The number of carbonyl (C=O) groups excluding carboxylic acids is 1. The second-order valence-corrected chi connectivity index (χ2v) is 5.70. The minimum Gasteiger partial charge on any atom is -0.473 e. The molecule has 3 aromatic rings. The van der Waals surface area contributed by atoms with Crippen LogP contribution >= 0.6 is 0 Å². The highest BCUT2D eigenvalue weighted by atomic mass is 16.5. The van der Waals surface area contributed by atoms with Gasteiger partial charge in [-0.2, -0.15) is 0 Å². The lowest BCUT2D eigenvalue weighted by molar-refractivity contribution is 0.0464. The first-order chi connectivity index (χ1) is 12.2. The Hall–Kier alpha value is -3.14. The molecule has 2 aromatic carbocycles. The number of benzene rings is 2. The second kappa shape index (κ2) is 8.11. The Morgan fingerprint density at radius 2 is 1.56 bits per heavy atom. The van der Waals surface area contributed by atoms with Crippen LogP contribution in [-0.4, -0.2) is 11.0 Å². The summed E-state index contributed by atoms with van der Waals surface area (Å²) in [5.74, 6) is -0.0700. The third-order valence-electron chi connectivity index (χ3n) is 3.65. The van der Waals surface area contributed by atoms with E-state index in [1.54, 1.807) is 18.2 Å². The molecule has 1 aromatic heterocycles. The van der Waals surface area contributed by atoms with Crippen LogP contribution in [-0.2, 0) is 18.0 Å². The molecule has 0 bridgehead atoms. The summed E-state index contributed by atoms with van der Waals surface area (Å²) in [5, 5.41) is 0. The van der Waals surface area contributed by atoms with Gasteiger partial charge in [0, 0.05) is 6.07 Å². The molecule has 4 heteroatoms. The smallest absolute Gasteiger partial charge is 0.357 e. The predicted molar refractivity (Wildman–Crippen MR) is 95.3 cm³/mol. The van der Waals surface area contributed by atoms with Crippen molar-refractivity contribution in [3.63, 3.8) is 0 Å². The fraction of sp³-hybridized carbons (Fsp3) is 0.143. The van der Waals surface area contributed by atoms with Crippen molar-refractivity contribution >= 4 is 5.97 Å². The van der Waals surface area contributed by atoms with Crippen molar-refractivity contribution in [3.8, 4) is 5.88 Å². The average Bonchev–Trinajstić information content (AvgIpc) is 2.67. The topological polar surface area (TPSA) is 48.4 Å². The van der Waals surface area contributed by atoms with Crippen molar-refractivity contribution < 1.29 is 14.3 Å². The summed E-state index contributed by atoms with van der Waals surface area (Å²) in [4.78, 5) is 16.4. The largest absolute Gasteiger partial charge is 0.473 e. The van der Waals surface area contributed by atoms with Crippen LogP contribution in [0.3, 0.4) is 0 Å². The number of aryl methyl sites for hydroxylation is 1. The molecule has 126 valence electrons. The Bertz CT molecular complexity index is 829. The van der Waals surface area contributed by atoms with E-state index >= 15 is 0 Å². The quantitative estimate of drug-likeness (QED) is 0.630. The maximum Gasteiger partial charge on any atom is 0.357 e. The first-order valence-corrected chi connectivity index (χ1v) is 8.07. The van der Waals surface area contributed by atoms with Gasteiger partial charge in [-0.3, -0.25) is 0 Å². The molecule has 0 aliphatic heterocycles. The van der Waals surface area contributed by atoms with E-state index in [0.29, 0.717) is 12.5 Å². The highest BCUT2D eigenvalue weighted by Gasteiger charge is 2.10. The van der Waals surface area contributed by atoms with Crippen molar-refractivity contribution in [3.05, 3.63) is 95.2 Å². The van der Waals surface area contributed by atoms with E-state index in [9.17, 15) is 4.79 Å². The lowest BCUT2D eigenvalue weighted by atomic mass is 10.2. The number of hydrogen-bond acceptors (Lipinski definition) is 4. The Morgan fingerprint density at radius 3 is 2.32 bits per heavy atom. The van der Waals surface area contributed by atoms with Gasteiger partial charge >= 0.3 is 5.97 Å². The molecule has 0 amide bonds. The van der Waals surface area contributed by atoms with E-state index in [4.69, 9.17) is 9.47 Å². The molecule has 4 nitrogen and oxygen atoms in total. The van der Waals surface area contributed by atoms with Crippen molar-refractivity contribution in [2.45, 2.75) is 20.1 Å². The normalized spacial score (nSPS) is 10.3. The number of aromatic nitrogens is 1. The Morgan fingerprint density at radius 1 is 0.840 bits per heavy atom. The summed E-state index contributed by atoms with van der Waals surface area (Å²) >= 11 is 0. The molecular weight excluding hydrogens is 314 g/mol. The molecule has 0 aliphatic carbocycles. The molecule has 0 saturated carbocycles. The van der Waals surface area contributed by atoms with Crippen molar-refractivity contribution in [2.24, 2.45) is 0 Å². The third-order valence-corrected chi connectivity index (χ3v) is 3.65. The molecule has 0 fully saturated rings. The summed E-state index contributed by atoms with van der Waals surface area (Å²) < 4.78 is 11.0. The number of carbonyl (C=O) groups is 1. The fourth-order valence-corrected chi connectivity index (χ4v) is 2.25. The molecule has 0 atom stereocenters. The Kier molecular flexibility index (Phi) is 5.42. The number of nitrogens with zero attached hydrogens (tertiary/aromatic N) is 1. The monoisotopic (exact) mass is 333 g/mol. The third kappa shape index (κ3) is 4.91. The van der Waals surface area contributed by atoms with Gasteiger partial charge in [-0.25, -0.2) is 9.78 Å². The number of hydrogen-bond donors (Lipinski definition) is 0. The van der Waals surface area contributed by atoms with Crippen LogP contribution in [0.15, 0.2) is 72.8 Å². The number of ether oxygens (including phenoxy) is 2. The van der Waals surface area contributed by atoms with Gasteiger partial charge in [-0.05, 0) is 24.1 Å². The molecule has 0 spiro atoms. The van der Waals surface area contributed by atoms with E-state index in [1.165, 1.54) is 5.56 Å². The van der Waals surface area contributed by atoms with Crippen molar-refractivity contribution in [1.29, 1.82) is 0 Å². The molecule has 0 saturated heterocycles. The average molecular weight is 333 g/mol. The van der Waals surface area contributed by atoms with Crippen molar-refractivity contribution in [2.75, 3.05) is 0 Å². The van der Waals surface area contributed by atoms with Gasteiger partial charge in [-0.15, -0.1) is 0 Å². The van der Waals surface area contributed by atoms with E-state index in [1.807, 2.05) is 61.5 Å². The van der Waals surface area contributed by atoms with E-state index in [-0.39, 0.29) is 12.3 Å². The summed E-state index contributed by atoms with van der Waals surface area (Å²) in [6.07, 6.45) is 0. The van der Waals surface area contributed by atoms with Gasteiger partial charge in [0.25, 0.3) is 0 Å². The minimum atomic E-state index is -0.468. The highest BCUT2D eigenvalue weighted by molar-refractivity contribution is 5.87. The Labute approximate surface area is 147 Å². The van der Waals surface area contributed by atoms with Gasteiger partial charge < -0.3 is 9.47 Å². The van der Waals surface area contributed by atoms with Crippen LogP contribution in [0.1, 0.15) is 27.2 Å².